The largest absolute Gasteiger partial charge is 0.508 e. The van der Waals surface area contributed by atoms with E-state index in [-0.39, 0.29) is 0 Å². The van der Waals surface area contributed by atoms with Crippen molar-refractivity contribution in [2.24, 2.45) is 5.92 Å². The molecule has 90 valence electrons. The van der Waals surface area contributed by atoms with Crippen LogP contribution in [0, 0.1) is 5.92 Å². The molecule has 0 aliphatic carbocycles. The second-order valence-corrected chi connectivity index (χ2v) is 4.76. The summed E-state index contributed by atoms with van der Waals surface area (Å²) in [6, 6.07) is 7.76. The van der Waals surface area contributed by atoms with Crippen molar-refractivity contribution >= 4 is 11.6 Å². The van der Waals surface area contributed by atoms with Crippen molar-refractivity contribution in [3.63, 3.8) is 0 Å². The number of phenols is 1. The van der Waals surface area contributed by atoms with Crippen LogP contribution in [0.1, 0.15) is 25.8 Å². The minimum Gasteiger partial charge on any atom is -0.508 e. The summed E-state index contributed by atoms with van der Waals surface area (Å²) in [5.41, 5.74) is 1.10. The van der Waals surface area contributed by atoms with E-state index < -0.39 is 0 Å². The summed E-state index contributed by atoms with van der Waals surface area (Å²) in [5.74, 6) is 1.56. The highest BCUT2D eigenvalue weighted by Crippen LogP contribution is 2.12. The van der Waals surface area contributed by atoms with Crippen LogP contribution >= 0.6 is 11.6 Å². The van der Waals surface area contributed by atoms with Crippen LogP contribution in [0.3, 0.4) is 0 Å². The van der Waals surface area contributed by atoms with Crippen molar-refractivity contribution in [2.45, 2.75) is 32.9 Å². The molecule has 1 aromatic carbocycles. The van der Waals surface area contributed by atoms with E-state index in [0.717, 1.165) is 18.5 Å². The van der Waals surface area contributed by atoms with E-state index in [0.29, 0.717) is 23.6 Å². The Morgan fingerprint density at radius 3 is 2.69 bits per heavy atom. The molecule has 0 radical (unpaired) electrons. The van der Waals surface area contributed by atoms with Crippen LogP contribution in [-0.4, -0.2) is 17.0 Å². The number of aromatic hydroxyl groups is 1. The number of rotatable bonds is 6. The number of nitrogens with one attached hydrogen (secondary N) is 1. The molecular weight excluding hydrogens is 222 g/mol. The van der Waals surface area contributed by atoms with Crippen LogP contribution in [0.15, 0.2) is 24.3 Å². The summed E-state index contributed by atoms with van der Waals surface area (Å²) in [4.78, 5) is 0. The van der Waals surface area contributed by atoms with Crippen molar-refractivity contribution in [2.75, 3.05) is 5.88 Å². The van der Waals surface area contributed by atoms with E-state index in [2.05, 4.69) is 19.2 Å². The molecule has 2 N–H and O–H groups in total. The van der Waals surface area contributed by atoms with Crippen molar-refractivity contribution in [1.29, 1.82) is 0 Å². The highest BCUT2D eigenvalue weighted by molar-refractivity contribution is 6.17. The van der Waals surface area contributed by atoms with Gasteiger partial charge in [0.15, 0.2) is 0 Å². The molecule has 0 heterocycles. The molecule has 16 heavy (non-hydrogen) atoms. The monoisotopic (exact) mass is 241 g/mol. The molecule has 0 spiro atoms. The summed E-state index contributed by atoms with van der Waals surface area (Å²) >= 11 is 5.77. The smallest absolute Gasteiger partial charge is 0.115 e. The van der Waals surface area contributed by atoms with Gasteiger partial charge in [-0.3, -0.25) is 0 Å². The Morgan fingerprint density at radius 2 is 2.12 bits per heavy atom. The number of benzene rings is 1. The number of hydrogen-bond donors (Lipinski definition) is 2. The van der Waals surface area contributed by atoms with Gasteiger partial charge in [0.25, 0.3) is 0 Å². The van der Waals surface area contributed by atoms with Gasteiger partial charge in [0.05, 0.1) is 0 Å². The maximum Gasteiger partial charge on any atom is 0.115 e. The maximum absolute atomic E-state index is 9.34. The fourth-order valence-corrected chi connectivity index (χ4v) is 1.94. The van der Waals surface area contributed by atoms with Gasteiger partial charge in [-0.15, -0.1) is 11.6 Å². The first kappa shape index (κ1) is 13.3. The van der Waals surface area contributed by atoms with E-state index >= 15 is 0 Å². The zero-order valence-electron chi connectivity index (χ0n) is 9.91. The lowest BCUT2D eigenvalue weighted by Crippen LogP contribution is -2.33. The number of phenolic OH excluding ortho intramolecular Hbond substituents is 1. The highest BCUT2D eigenvalue weighted by atomic mass is 35.5. The predicted molar refractivity (Wildman–Crippen MR) is 68.9 cm³/mol. The second-order valence-electron chi connectivity index (χ2n) is 4.38. The zero-order chi connectivity index (χ0) is 12.0. The molecule has 1 aromatic rings. The fraction of sp³-hybridized carbons (Fsp3) is 0.538. The Labute approximate surface area is 103 Å². The molecule has 1 unspecified atom stereocenters. The van der Waals surface area contributed by atoms with E-state index in [1.807, 2.05) is 12.1 Å². The van der Waals surface area contributed by atoms with Crippen LogP contribution in [0.4, 0.5) is 0 Å². The van der Waals surface area contributed by atoms with Gasteiger partial charge < -0.3 is 10.4 Å². The fourth-order valence-electron chi connectivity index (χ4n) is 1.70. The van der Waals surface area contributed by atoms with Crippen LogP contribution in [-0.2, 0) is 6.54 Å². The van der Waals surface area contributed by atoms with Crippen molar-refractivity contribution in [3.8, 4) is 5.75 Å². The average molecular weight is 242 g/mol. The van der Waals surface area contributed by atoms with E-state index in [4.69, 9.17) is 11.6 Å². The average Bonchev–Trinajstić information content (AvgIpc) is 2.24. The van der Waals surface area contributed by atoms with Gasteiger partial charge >= 0.3 is 0 Å². The summed E-state index contributed by atoms with van der Waals surface area (Å²) in [6.45, 7) is 5.15. The molecule has 0 fully saturated rings. The first-order valence-electron chi connectivity index (χ1n) is 5.70. The molecule has 0 saturated heterocycles. The van der Waals surface area contributed by atoms with Crippen molar-refractivity contribution in [1.82, 2.24) is 5.32 Å². The lowest BCUT2D eigenvalue weighted by atomic mass is 10.0. The van der Waals surface area contributed by atoms with Gasteiger partial charge in [-0.1, -0.05) is 26.0 Å². The minimum absolute atomic E-state index is 0.317. The molecule has 0 aliphatic rings. The Morgan fingerprint density at radius 1 is 1.38 bits per heavy atom. The Hall–Kier alpha value is -0.730. The lowest BCUT2D eigenvalue weighted by molar-refractivity contribution is 0.388. The summed E-state index contributed by atoms with van der Waals surface area (Å²) in [7, 11) is 0. The Balaban J connectivity index is 2.48. The molecule has 1 rings (SSSR count). The van der Waals surface area contributed by atoms with Gasteiger partial charge in [-0.25, -0.2) is 0 Å². The molecule has 3 heteroatoms. The summed E-state index contributed by atoms with van der Waals surface area (Å²) in [5, 5.41) is 12.8. The van der Waals surface area contributed by atoms with Crippen molar-refractivity contribution in [3.05, 3.63) is 29.8 Å². The molecular formula is C13H20ClNO. The molecule has 0 aromatic heterocycles. The molecule has 0 aliphatic heterocycles. The van der Waals surface area contributed by atoms with E-state index in [1.165, 1.54) is 0 Å². The lowest BCUT2D eigenvalue weighted by Gasteiger charge is -2.21. The van der Waals surface area contributed by atoms with Crippen molar-refractivity contribution < 1.29 is 5.11 Å². The molecule has 0 amide bonds. The van der Waals surface area contributed by atoms with Gasteiger partial charge in [0.1, 0.15) is 5.75 Å². The first-order valence-corrected chi connectivity index (χ1v) is 6.24. The van der Waals surface area contributed by atoms with Gasteiger partial charge in [0.2, 0.25) is 0 Å². The third kappa shape index (κ3) is 4.42. The van der Waals surface area contributed by atoms with E-state index in [1.54, 1.807) is 12.1 Å². The highest BCUT2D eigenvalue weighted by Gasteiger charge is 2.11. The Kier molecular flexibility index (Phi) is 5.64. The third-order valence-electron chi connectivity index (χ3n) is 2.70. The summed E-state index contributed by atoms with van der Waals surface area (Å²) in [6.07, 6.45) is 0.970. The van der Waals surface area contributed by atoms with Gasteiger partial charge in [-0.05, 0) is 30.0 Å². The standard InChI is InChI=1S/C13H20ClNO/c1-10(2)13(6-7-14)15-9-11-4-3-5-12(16)8-11/h3-5,8,10,13,15-16H,6-7,9H2,1-2H3. The minimum atomic E-state index is 0.317. The maximum atomic E-state index is 9.34. The van der Waals surface area contributed by atoms with Crippen LogP contribution in [0.2, 0.25) is 0 Å². The normalized spacial score (nSPS) is 13.0. The number of halogens is 1. The van der Waals surface area contributed by atoms with E-state index in [9.17, 15) is 5.11 Å². The van der Waals surface area contributed by atoms with Crippen LogP contribution in [0.5, 0.6) is 5.75 Å². The molecule has 2 nitrogen and oxygen atoms in total. The zero-order valence-corrected chi connectivity index (χ0v) is 10.7. The molecule has 0 bridgehead atoms. The number of hydrogen-bond acceptors (Lipinski definition) is 2. The van der Waals surface area contributed by atoms with Gasteiger partial charge in [-0.2, -0.15) is 0 Å². The number of alkyl halides is 1. The molecule has 0 saturated carbocycles. The quantitative estimate of drug-likeness (QED) is 0.750. The third-order valence-corrected chi connectivity index (χ3v) is 2.92. The SMILES string of the molecule is CC(C)C(CCCl)NCc1cccc(O)c1. The first-order chi connectivity index (χ1) is 7.63. The summed E-state index contributed by atoms with van der Waals surface area (Å²) < 4.78 is 0. The van der Waals surface area contributed by atoms with Crippen LogP contribution < -0.4 is 5.32 Å². The van der Waals surface area contributed by atoms with Crippen LogP contribution in [0.25, 0.3) is 0 Å². The topological polar surface area (TPSA) is 32.3 Å². The predicted octanol–water partition coefficient (Wildman–Crippen LogP) is 3.14. The van der Waals surface area contributed by atoms with Gasteiger partial charge in [0, 0.05) is 18.5 Å². The molecule has 1 atom stereocenters. The Bertz CT molecular complexity index is 315. The second kappa shape index (κ2) is 6.77.